The van der Waals surface area contributed by atoms with Crippen LogP contribution in [0.1, 0.15) is 41.6 Å². The zero-order valence-corrected chi connectivity index (χ0v) is 19.9. The molecule has 4 nitrogen and oxygen atoms in total. The van der Waals surface area contributed by atoms with E-state index in [0.29, 0.717) is 13.2 Å². The first kappa shape index (κ1) is 26.9. The number of hydrogen-bond donors (Lipinski definition) is 0. The fraction of sp³-hybridized carbons (Fsp3) is 0.276. The van der Waals surface area contributed by atoms with E-state index < -0.39 is 18.8 Å². The number of halogens is 3. The van der Waals surface area contributed by atoms with Crippen LogP contribution in [0.2, 0.25) is 0 Å². The minimum absolute atomic E-state index is 0.0664. The quantitative estimate of drug-likeness (QED) is 0.179. The van der Waals surface area contributed by atoms with Crippen molar-refractivity contribution in [1.29, 1.82) is 0 Å². The van der Waals surface area contributed by atoms with Crippen LogP contribution in [0.5, 0.6) is 11.5 Å². The Morgan fingerprint density at radius 1 is 0.722 bits per heavy atom. The molecule has 0 aliphatic carbocycles. The third-order valence-electron chi connectivity index (χ3n) is 5.37. The van der Waals surface area contributed by atoms with Crippen LogP contribution < -0.4 is 9.47 Å². The van der Waals surface area contributed by atoms with E-state index in [2.05, 4.69) is 11.3 Å². The van der Waals surface area contributed by atoms with Crippen LogP contribution in [0, 0.1) is 0 Å². The molecule has 0 amide bonds. The number of benzene rings is 3. The molecule has 3 aromatic rings. The van der Waals surface area contributed by atoms with E-state index in [-0.39, 0.29) is 5.56 Å². The topological polar surface area (TPSA) is 44.8 Å². The number of ether oxygens (including phenoxy) is 3. The molecule has 0 fully saturated rings. The van der Waals surface area contributed by atoms with Gasteiger partial charge in [-0.1, -0.05) is 49.1 Å². The van der Waals surface area contributed by atoms with Crippen LogP contribution in [-0.2, 0) is 4.74 Å². The van der Waals surface area contributed by atoms with Gasteiger partial charge in [0.15, 0.2) is 6.61 Å². The Hall–Kier alpha value is -3.74. The molecule has 36 heavy (non-hydrogen) atoms. The Morgan fingerprint density at radius 3 is 1.67 bits per heavy atom. The highest BCUT2D eigenvalue weighted by atomic mass is 19.4. The van der Waals surface area contributed by atoms with Crippen molar-refractivity contribution < 1.29 is 32.2 Å². The number of rotatable bonds is 13. The molecule has 0 aliphatic rings. The highest BCUT2D eigenvalue weighted by Crippen LogP contribution is 2.24. The van der Waals surface area contributed by atoms with Crippen molar-refractivity contribution in [3.63, 3.8) is 0 Å². The first-order chi connectivity index (χ1) is 17.3. The summed E-state index contributed by atoms with van der Waals surface area (Å²) in [4.78, 5) is 11.7. The van der Waals surface area contributed by atoms with Crippen molar-refractivity contribution >= 4 is 12.0 Å². The zero-order valence-electron chi connectivity index (χ0n) is 19.9. The monoisotopic (exact) mass is 498 g/mol. The summed E-state index contributed by atoms with van der Waals surface area (Å²) < 4.78 is 52.4. The SMILES string of the molecule is C=Cc1ccc(OCCCCCCOc2ccc(-c3ccc(C(=O)OCC(F)(F)F)cc3)cc2)cc1. The maximum absolute atomic E-state index is 12.2. The van der Waals surface area contributed by atoms with E-state index in [1.54, 1.807) is 18.2 Å². The molecule has 0 saturated carbocycles. The third kappa shape index (κ3) is 9.13. The van der Waals surface area contributed by atoms with E-state index in [9.17, 15) is 18.0 Å². The van der Waals surface area contributed by atoms with Gasteiger partial charge in [-0.25, -0.2) is 4.79 Å². The summed E-state index contributed by atoms with van der Waals surface area (Å²) in [7, 11) is 0. The summed E-state index contributed by atoms with van der Waals surface area (Å²) >= 11 is 0. The van der Waals surface area contributed by atoms with Crippen molar-refractivity contribution in [3.05, 3.63) is 90.5 Å². The maximum atomic E-state index is 12.2. The lowest BCUT2D eigenvalue weighted by molar-refractivity contribution is -0.161. The van der Waals surface area contributed by atoms with Gasteiger partial charge in [0.2, 0.25) is 0 Å². The van der Waals surface area contributed by atoms with Gasteiger partial charge in [0.1, 0.15) is 11.5 Å². The summed E-state index contributed by atoms with van der Waals surface area (Å²) in [6.45, 7) is 3.44. The first-order valence-corrected chi connectivity index (χ1v) is 11.8. The second-order valence-electron chi connectivity index (χ2n) is 8.18. The molecule has 0 saturated heterocycles. The molecule has 0 aliphatic heterocycles. The number of hydrogen-bond acceptors (Lipinski definition) is 4. The van der Waals surface area contributed by atoms with Crippen LogP contribution in [-0.4, -0.2) is 32.0 Å². The van der Waals surface area contributed by atoms with Crippen molar-refractivity contribution in [2.45, 2.75) is 31.9 Å². The van der Waals surface area contributed by atoms with Gasteiger partial charge in [-0.05, 0) is 78.8 Å². The lowest BCUT2D eigenvalue weighted by Crippen LogP contribution is -2.20. The molecular formula is C29H29F3O4. The standard InChI is InChI=1S/C29H29F3O4/c1-2-22-7-15-26(16-8-22)34-19-5-3-4-6-20-35-27-17-13-24(14-18-27)23-9-11-25(12-10-23)28(33)36-21-29(30,31)32/h2,7-18H,1,3-6,19-21H2. The number of alkyl halides is 3. The van der Waals surface area contributed by atoms with Gasteiger partial charge in [-0.2, -0.15) is 13.2 Å². The molecule has 0 unspecified atom stereocenters. The van der Waals surface area contributed by atoms with Gasteiger partial charge in [0, 0.05) is 0 Å². The van der Waals surface area contributed by atoms with Crippen LogP contribution in [0.15, 0.2) is 79.4 Å². The fourth-order valence-electron chi connectivity index (χ4n) is 3.41. The van der Waals surface area contributed by atoms with Gasteiger partial charge in [-0.15, -0.1) is 0 Å². The molecule has 7 heteroatoms. The lowest BCUT2D eigenvalue weighted by atomic mass is 10.0. The number of carbonyl (C=O) groups excluding carboxylic acids is 1. The Kier molecular flexibility index (Phi) is 9.98. The highest BCUT2D eigenvalue weighted by molar-refractivity contribution is 5.90. The molecule has 0 radical (unpaired) electrons. The zero-order chi connectivity index (χ0) is 25.8. The van der Waals surface area contributed by atoms with E-state index in [4.69, 9.17) is 9.47 Å². The Morgan fingerprint density at radius 2 is 1.19 bits per heavy atom. The molecular weight excluding hydrogens is 469 g/mol. The van der Waals surface area contributed by atoms with Crippen LogP contribution in [0.3, 0.4) is 0 Å². The van der Waals surface area contributed by atoms with Crippen LogP contribution in [0.25, 0.3) is 17.2 Å². The Bertz CT molecular complexity index is 1090. The molecule has 0 aromatic heterocycles. The van der Waals surface area contributed by atoms with Crippen molar-refractivity contribution in [3.8, 4) is 22.6 Å². The predicted octanol–water partition coefficient (Wildman–Crippen LogP) is 7.73. The highest BCUT2D eigenvalue weighted by Gasteiger charge is 2.29. The van der Waals surface area contributed by atoms with Crippen LogP contribution >= 0.6 is 0 Å². The summed E-state index contributed by atoms with van der Waals surface area (Å²) in [5, 5.41) is 0. The minimum Gasteiger partial charge on any atom is -0.494 e. The lowest BCUT2D eigenvalue weighted by Gasteiger charge is -2.09. The van der Waals surface area contributed by atoms with Crippen molar-refractivity contribution in [1.82, 2.24) is 0 Å². The van der Waals surface area contributed by atoms with Crippen molar-refractivity contribution in [2.24, 2.45) is 0 Å². The summed E-state index contributed by atoms with van der Waals surface area (Å²) in [6, 6.07) is 21.6. The van der Waals surface area contributed by atoms with Gasteiger partial charge in [0.05, 0.1) is 18.8 Å². The van der Waals surface area contributed by atoms with Crippen molar-refractivity contribution in [2.75, 3.05) is 19.8 Å². The Labute approximate surface area is 209 Å². The second kappa shape index (κ2) is 13.4. The third-order valence-corrected chi connectivity index (χ3v) is 5.37. The average Bonchev–Trinajstić information content (AvgIpc) is 2.89. The van der Waals surface area contributed by atoms with Gasteiger partial charge in [0.25, 0.3) is 0 Å². The molecule has 0 atom stereocenters. The number of unbranched alkanes of at least 4 members (excludes halogenated alkanes) is 3. The van der Waals surface area contributed by atoms with Gasteiger partial charge in [-0.3, -0.25) is 0 Å². The normalized spacial score (nSPS) is 11.1. The average molecular weight is 499 g/mol. The summed E-state index contributed by atoms with van der Waals surface area (Å²) in [6.07, 6.45) is 1.29. The Balaban J connectivity index is 1.32. The number of carbonyl (C=O) groups is 1. The molecule has 190 valence electrons. The van der Waals surface area contributed by atoms with Gasteiger partial charge < -0.3 is 14.2 Å². The van der Waals surface area contributed by atoms with Gasteiger partial charge >= 0.3 is 12.1 Å². The van der Waals surface area contributed by atoms with E-state index in [1.807, 2.05) is 48.5 Å². The minimum atomic E-state index is -4.55. The molecule has 0 N–H and O–H groups in total. The predicted molar refractivity (Wildman–Crippen MR) is 134 cm³/mol. The molecule has 3 rings (SSSR count). The number of esters is 1. The first-order valence-electron chi connectivity index (χ1n) is 11.8. The van der Waals surface area contributed by atoms with E-state index >= 15 is 0 Å². The summed E-state index contributed by atoms with van der Waals surface area (Å²) in [5.74, 6) is 0.623. The fourth-order valence-corrected chi connectivity index (χ4v) is 3.41. The molecule has 0 bridgehead atoms. The van der Waals surface area contributed by atoms with E-state index in [1.165, 1.54) is 12.1 Å². The van der Waals surface area contributed by atoms with Crippen LogP contribution in [0.4, 0.5) is 13.2 Å². The smallest absolute Gasteiger partial charge is 0.422 e. The summed E-state index contributed by atoms with van der Waals surface area (Å²) in [5.41, 5.74) is 2.86. The largest absolute Gasteiger partial charge is 0.494 e. The second-order valence-corrected chi connectivity index (χ2v) is 8.18. The molecule has 0 heterocycles. The van der Waals surface area contributed by atoms with E-state index in [0.717, 1.165) is 53.9 Å². The maximum Gasteiger partial charge on any atom is 0.422 e. The molecule has 3 aromatic carbocycles. The molecule has 0 spiro atoms.